The smallest absolute Gasteiger partial charge is 0.155 e. The number of anilines is 1. The van der Waals surface area contributed by atoms with Crippen LogP contribution in [0.5, 0.6) is 0 Å². The number of unbranched alkanes of at least 4 members (excludes halogenated alkanes) is 1. The van der Waals surface area contributed by atoms with E-state index in [-0.39, 0.29) is 0 Å². The number of rotatable bonds is 9. The average Bonchev–Trinajstić information content (AvgIpc) is 3.12. The van der Waals surface area contributed by atoms with Crippen LogP contribution in [0.15, 0.2) is 42.7 Å². The molecule has 1 unspecified atom stereocenters. The van der Waals surface area contributed by atoms with Gasteiger partial charge >= 0.3 is 0 Å². The average molecular weight is 380 g/mol. The Morgan fingerprint density at radius 3 is 2.89 bits per heavy atom. The van der Waals surface area contributed by atoms with Gasteiger partial charge in [-0.25, -0.2) is 9.50 Å². The van der Waals surface area contributed by atoms with Crippen LogP contribution in [0.1, 0.15) is 50.5 Å². The third-order valence-electron chi connectivity index (χ3n) is 5.41. The Hall–Kier alpha value is -2.47. The molecule has 3 aromatic heterocycles. The highest BCUT2D eigenvalue weighted by Crippen LogP contribution is 2.24. The molecule has 28 heavy (non-hydrogen) atoms. The van der Waals surface area contributed by atoms with E-state index in [0.29, 0.717) is 12.0 Å². The second kappa shape index (κ2) is 8.69. The zero-order chi connectivity index (χ0) is 19.3. The predicted octanol–water partition coefficient (Wildman–Crippen LogP) is 3.87. The van der Waals surface area contributed by atoms with Gasteiger partial charge in [0.2, 0.25) is 0 Å². The summed E-state index contributed by atoms with van der Waals surface area (Å²) in [5.41, 5.74) is 3.18. The van der Waals surface area contributed by atoms with E-state index in [0.717, 1.165) is 49.7 Å². The summed E-state index contributed by atoms with van der Waals surface area (Å²) < 4.78 is 7.90. The van der Waals surface area contributed by atoms with Gasteiger partial charge in [-0.05, 0) is 30.7 Å². The molecule has 0 bridgehead atoms. The molecule has 0 saturated carbocycles. The minimum absolute atomic E-state index is 0.291. The molecule has 0 spiro atoms. The Morgan fingerprint density at radius 2 is 2.11 bits per heavy atom. The second-order valence-corrected chi connectivity index (χ2v) is 7.67. The zero-order valence-electron chi connectivity index (χ0n) is 16.8. The standard InChI is InChI=1S/C22H29N5O/c1-3-4-7-17(2)22-24-21-10-9-19(14-27(21)25-22)26-15-20(16-26)28-13-11-18-8-5-6-12-23-18/h5-6,8-10,12,14,17,20H,3-4,7,11,13,15-16H2,1-2H3. The van der Waals surface area contributed by atoms with Crippen molar-refractivity contribution >= 4 is 11.3 Å². The molecule has 1 aliphatic rings. The summed E-state index contributed by atoms with van der Waals surface area (Å²) >= 11 is 0. The fraction of sp³-hybridized carbons (Fsp3) is 0.500. The van der Waals surface area contributed by atoms with Crippen LogP contribution in [0.25, 0.3) is 5.65 Å². The summed E-state index contributed by atoms with van der Waals surface area (Å²) in [5.74, 6) is 1.36. The molecule has 6 heteroatoms. The zero-order valence-corrected chi connectivity index (χ0v) is 16.8. The van der Waals surface area contributed by atoms with Crippen LogP contribution in [-0.4, -0.2) is 45.4 Å². The molecule has 0 aliphatic carbocycles. The first kappa shape index (κ1) is 18.9. The Balaban J connectivity index is 1.29. The highest BCUT2D eigenvalue weighted by molar-refractivity contribution is 5.53. The molecule has 0 N–H and O–H groups in total. The summed E-state index contributed by atoms with van der Waals surface area (Å²) in [6.07, 6.45) is 8.64. The van der Waals surface area contributed by atoms with E-state index >= 15 is 0 Å². The van der Waals surface area contributed by atoms with Gasteiger partial charge in [0.05, 0.1) is 24.6 Å². The van der Waals surface area contributed by atoms with E-state index in [1.54, 1.807) is 0 Å². The molecule has 4 heterocycles. The van der Waals surface area contributed by atoms with Crippen molar-refractivity contribution in [3.05, 3.63) is 54.2 Å². The molecule has 1 atom stereocenters. The largest absolute Gasteiger partial charge is 0.374 e. The van der Waals surface area contributed by atoms with Crippen molar-refractivity contribution < 1.29 is 4.74 Å². The molecule has 1 saturated heterocycles. The maximum atomic E-state index is 5.98. The van der Waals surface area contributed by atoms with Gasteiger partial charge in [-0.15, -0.1) is 0 Å². The van der Waals surface area contributed by atoms with Crippen molar-refractivity contribution in [2.24, 2.45) is 0 Å². The quantitative estimate of drug-likeness (QED) is 0.565. The first-order valence-electron chi connectivity index (χ1n) is 10.4. The van der Waals surface area contributed by atoms with Gasteiger partial charge in [-0.3, -0.25) is 4.98 Å². The minimum atomic E-state index is 0.291. The van der Waals surface area contributed by atoms with Crippen LogP contribution in [0.3, 0.4) is 0 Å². The lowest BCUT2D eigenvalue weighted by atomic mass is 10.0. The van der Waals surface area contributed by atoms with Crippen LogP contribution in [0, 0.1) is 0 Å². The van der Waals surface area contributed by atoms with E-state index in [4.69, 9.17) is 14.8 Å². The highest BCUT2D eigenvalue weighted by Gasteiger charge is 2.28. The van der Waals surface area contributed by atoms with Crippen molar-refractivity contribution in [3.8, 4) is 0 Å². The second-order valence-electron chi connectivity index (χ2n) is 7.67. The van der Waals surface area contributed by atoms with Crippen molar-refractivity contribution in [2.75, 3.05) is 24.6 Å². The third-order valence-corrected chi connectivity index (χ3v) is 5.41. The van der Waals surface area contributed by atoms with E-state index in [2.05, 4.69) is 42.1 Å². The molecule has 0 aromatic carbocycles. The summed E-state index contributed by atoms with van der Waals surface area (Å²) in [5, 5.41) is 4.71. The van der Waals surface area contributed by atoms with Gasteiger partial charge in [-0.2, -0.15) is 5.10 Å². The Kier molecular flexibility index (Phi) is 5.86. The van der Waals surface area contributed by atoms with Crippen LogP contribution < -0.4 is 4.90 Å². The molecule has 1 fully saturated rings. The topological polar surface area (TPSA) is 55.5 Å². The number of ether oxygens (including phenoxy) is 1. The predicted molar refractivity (Wildman–Crippen MR) is 111 cm³/mol. The van der Waals surface area contributed by atoms with E-state index in [9.17, 15) is 0 Å². The van der Waals surface area contributed by atoms with Crippen molar-refractivity contribution in [3.63, 3.8) is 0 Å². The number of hydrogen-bond acceptors (Lipinski definition) is 5. The van der Waals surface area contributed by atoms with Crippen LogP contribution in [-0.2, 0) is 11.2 Å². The molecular weight excluding hydrogens is 350 g/mol. The van der Waals surface area contributed by atoms with Gasteiger partial charge in [-0.1, -0.05) is 32.8 Å². The lowest BCUT2D eigenvalue weighted by Gasteiger charge is -2.40. The fourth-order valence-corrected chi connectivity index (χ4v) is 3.56. The molecule has 1 aliphatic heterocycles. The highest BCUT2D eigenvalue weighted by atomic mass is 16.5. The van der Waals surface area contributed by atoms with Crippen molar-refractivity contribution in [1.29, 1.82) is 0 Å². The summed E-state index contributed by atoms with van der Waals surface area (Å²) in [6, 6.07) is 10.2. The van der Waals surface area contributed by atoms with E-state index < -0.39 is 0 Å². The van der Waals surface area contributed by atoms with E-state index in [1.807, 2.05) is 28.9 Å². The van der Waals surface area contributed by atoms with Crippen molar-refractivity contribution in [2.45, 2.75) is 51.6 Å². The van der Waals surface area contributed by atoms with Crippen molar-refractivity contribution in [1.82, 2.24) is 19.6 Å². The SMILES string of the molecule is CCCCC(C)c1nc2ccc(N3CC(OCCc4ccccn4)C3)cn2n1. The Morgan fingerprint density at radius 1 is 1.21 bits per heavy atom. The first-order valence-corrected chi connectivity index (χ1v) is 10.4. The summed E-state index contributed by atoms with van der Waals surface area (Å²) in [6.45, 7) is 6.99. The Bertz CT molecular complexity index is 888. The molecular formula is C22H29N5O. The third kappa shape index (κ3) is 4.33. The van der Waals surface area contributed by atoms with Crippen LogP contribution in [0.4, 0.5) is 5.69 Å². The number of nitrogens with zero attached hydrogens (tertiary/aromatic N) is 5. The van der Waals surface area contributed by atoms with Crippen LogP contribution >= 0.6 is 0 Å². The maximum Gasteiger partial charge on any atom is 0.155 e. The normalized spacial score (nSPS) is 15.7. The molecule has 0 radical (unpaired) electrons. The minimum Gasteiger partial charge on any atom is -0.374 e. The molecule has 6 nitrogen and oxygen atoms in total. The molecule has 3 aromatic rings. The van der Waals surface area contributed by atoms with E-state index in [1.165, 1.54) is 18.5 Å². The number of pyridine rings is 2. The lowest BCUT2D eigenvalue weighted by Crippen LogP contribution is -2.52. The maximum absolute atomic E-state index is 5.98. The van der Waals surface area contributed by atoms with Gasteiger partial charge in [0.25, 0.3) is 0 Å². The first-order chi connectivity index (χ1) is 13.7. The number of aromatic nitrogens is 4. The van der Waals surface area contributed by atoms with Gasteiger partial charge < -0.3 is 9.64 Å². The number of fused-ring (bicyclic) bond motifs is 1. The van der Waals surface area contributed by atoms with Gasteiger partial charge in [0.1, 0.15) is 0 Å². The Labute approximate surface area is 166 Å². The molecule has 0 amide bonds. The molecule has 148 valence electrons. The number of hydrogen-bond donors (Lipinski definition) is 0. The van der Waals surface area contributed by atoms with Gasteiger partial charge in [0, 0.05) is 37.3 Å². The fourth-order valence-electron chi connectivity index (χ4n) is 3.56. The molecule has 4 rings (SSSR count). The monoisotopic (exact) mass is 379 g/mol. The van der Waals surface area contributed by atoms with Crippen LogP contribution in [0.2, 0.25) is 0 Å². The lowest BCUT2D eigenvalue weighted by molar-refractivity contribution is 0.0359. The van der Waals surface area contributed by atoms with Gasteiger partial charge in [0.15, 0.2) is 11.5 Å². The summed E-state index contributed by atoms with van der Waals surface area (Å²) in [7, 11) is 0. The summed E-state index contributed by atoms with van der Waals surface area (Å²) in [4.78, 5) is 11.4.